The monoisotopic (exact) mass is 500 g/mol. The fraction of sp³-hybridized carbons (Fsp3) is 0.636. The van der Waals surface area contributed by atoms with Crippen molar-refractivity contribution in [2.45, 2.75) is 77.8 Å². The lowest BCUT2D eigenvalue weighted by atomic mass is 10.0. The zero-order valence-electron chi connectivity index (χ0n) is 20.1. The average molecular weight is 501 g/mol. The van der Waals surface area contributed by atoms with Crippen LogP contribution in [0.25, 0.3) is 0 Å². The number of aromatic nitrogens is 1. The molecule has 1 aromatic rings. The summed E-state index contributed by atoms with van der Waals surface area (Å²) in [4.78, 5) is 42.2. The summed E-state index contributed by atoms with van der Waals surface area (Å²) >= 11 is 6.22. The minimum Gasteiger partial charge on any atom is -0.444 e. The Labute approximate surface area is 202 Å². The van der Waals surface area contributed by atoms with Crippen LogP contribution in [0.5, 0.6) is 0 Å². The lowest BCUT2D eigenvalue weighted by Crippen LogP contribution is -2.53. The Bertz CT molecular complexity index is 991. The standard InChI is InChI=1S/C22H30ClFN4O6/c1-21(2,3)33-19(30)26-13-10-32-8-7-12(13)25-17-15(24)11-9-28(20(31)34-22(4,5)6)18(29)14(11)16(23)27-17/h12-13H,7-10H2,1-6H3,(H,25,27)(H,26,30). The molecular formula is C22H30ClFN4O6. The number of fused-ring (bicyclic) bond motifs is 1. The Kier molecular flexibility index (Phi) is 7.28. The molecule has 1 saturated heterocycles. The van der Waals surface area contributed by atoms with Crippen molar-refractivity contribution in [1.29, 1.82) is 0 Å². The molecule has 3 rings (SSSR count). The predicted molar refractivity (Wildman–Crippen MR) is 121 cm³/mol. The lowest BCUT2D eigenvalue weighted by molar-refractivity contribution is 0.0246. The summed E-state index contributed by atoms with van der Waals surface area (Å²) in [5.74, 6) is -1.77. The molecule has 2 atom stereocenters. The number of hydrogen-bond acceptors (Lipinski definition) is 8. The van der Waals surface area contributed by atoms with Gasteiger partial charge in [-0.1, -0.05) is 11.6 Å². The molecule has 3 amide bonds. The van der Waals surface area contributed by atoms with Crippen LogP contribution in [-0.4, -0.2) is 64.5 Å². The van der Waals surface area contributed by atoms with Crippen molar-refractivity contribution >= 4 is 35.5 Å². The number of rotatable bonds is 3. The van der Waals surface area contributed by atoms with Crippen LogP contribution in [0.3, 0.4) is 0 Å². The van der Waals surface area contributed by atoms with Gasteiger partial charge >= 0.3 is 12.2 Å². The van der Waals surface area contributed by atoms with Crippen molar-refractivity contribution in [2.24, 2.45) is 0 Å². The minimum absolute atomic E-state index is 0.0536. The van der Waals surface area contributed by atoms with Crippen molar-refractivity contribution in [3.63, 3.8) is 0 Å². The number of halogens is 2. The van der Waals surface area contributed by atoms with Crippen molar-refractivity contribution in [3.8, 4) is 0 Å². The van der Waals surface area contributed by atoms with Gasteiger partial charge in [-0.15, -0.1) is 0 Å². The molecule has 3 heterocycles. The number of anilines is 1. The van der Waals surface area contributed by atoms with E-state index in [0.29, 0.717) is 13.0 Å². The van der Waals surface area contributed by atoms with Gasteiger partial charge in [-0.25, -0.2) is 23.9 Å². The molecule has 2 aliphatic rings. The molecule has 0 saturated carbocycles. The summed E-state index contributed by atoms with van der Waals surface area (Å²) in [6.45, 7) is 10.4. The van der Waals surface area contributed by atoms with E-state index in [-0.39, 0.29) is 35.2 Å². The van der Waals surface area contributed by atoms with Crippen LogP contribution >= 0.6 is 11.6 Å². The van der Waals surface area contributed by atoms with Gasteiger partial charge in [0.05, 0.1) is 30.8 Å². The molecular weight excluding hydrogens is 471 g/mol. The second-order valence-electron chi connectivity index (χ2n) is 10.2. The first-order valence-electron chi connectivity index (χ1n) is 10.9. The number of nitrogens with one attached hydrogen (secondary N) is 2. The van der Waals surface area contributed by atoms with Gasteiger partial charge in [-0.2, -0.15) is 0 Å². The van der Waals surface area contributed by atoms with Gasteiger partial charge in [0.1, 0.15) is 16.4 Å². The second-order valence-corrected chi connectivity index (χ2v) is 10.5. The summed E-state index contributed by atoms with van der Waals surface area (Å²) in [6.07, 6.45) is -1.09. The maximum atomic E-state index is 15.4. The number of ether oxygens (including phenoxy) is 3. The number of hydrogen-bond donors (Lipinski definition) is 2. The SMILES string of the molecule is CC(C)(C)OC(=O)NC1COCCC1Nc1nc(Cl)c2c(c1F)CN(C(=O)OC(C)(C)C)C2=O. The zero-order chi connectivity index (χ0) is 25.4. The van der Waals surface area contributed by atoms with Gasteiger partial charge in [0.15, 0.2) is 11.6 Å². The average Bonchev–Trinajstić information content (AvgIpc) is 3.03. The van der Waals surface area contributed by atoms with Gasteiger partial charge in [0, 0.05) is 12.2 Å². The van der Waals surface area contributed by atoms with Crippen molar-refractivity contribution < 1.29 is 33.0 Å². The molecule has 10 nitrogen and oxygen atoms in total. The van der Waals surface area contributed by atoms with E-state index >= 15 is 4.39 Å². The Morgan fingerprint density at radius 1 is 1.15 bits per heavy atom. The highest BCUT2D eigenvalue weighted by molar-refractivity contribution is 6.33. The molecule has 2 aliphatic heterocycles. The smallest absolute Gasteiger partial charge is 0.417 e. The summed E-state index contributed by atoms with van der Waals surface area (Å²) in [5.41, 5.74) is -1.75. The Balaban J connectivity index is 1.80. The van der Waals surface area contributed by atoms with Gasteiger partial charge in [0.2, 0.25) is 0 Å². The summed E-state index contributed by atoms with van der Waals surface area (Å²) in [6, 6.07) is -0.979. The summed E-state index contributed by atoms with van der Waals surface area (Å²) in [5, 5.41) is 5.46. The van der Waals surface area contributed by atoms with E-state index in [0.717, 1.165) is 4.90 Å². The van der Waals surface area contributed by atoms with E-state index in [4.69, 9.17) is 25.8 Å². The number of carbonyl (C=O) groups excluding carboxylic acids is 3. The third-order valence-electron chi connectivity index (χ3n) is 4.96. The molecule has 34 heavy (non-hydrogen) atoms. The van der Waals surface area contributed by atoms with Crippen LogP contribution < -0.4 is 10.6 Å². The number of pyridine rings is 1. The molecule has 12 heteroatoms. The summed E-state index contributed by atoms with van der Waals surface area (Å²) in [7, 11) is 0. The second kappa shape index (κ2) is 9.53. The Morgan fingerprint density at radius 2 is 1.79 bits per heavy atom. The molecule has 0 aliphatic carbocycles. The van der Waals surface area contributed by atoms with E-state index in [1.807, 2.05) is 0 Å². The molecule has 1 fully saturated rings. The molecule has 188 valence electrons. The van der Waals surface area contributed by atoms with Gasteiger partial charge in [-0.3, -0.25) is 4.79 Å². The van der Waals surface area contributed by atoms with Crippen molar-refractivity contribution in [2.75, 3.05) is 18.5 Å². The fourth-order valence-corrected chi connectivity index (χ4v) is 3.84. The number of alkyl carbamates (subject to hydrolysis) is 1. The van der Waals surface area contributed by atoms with Crippen molar-refractivity contribution in [1.82, 2.24) is 15.2 Å². The number of nitrogens with zero attached hydrogens (tertiary/aromatic N) is 2. The first-order chi connectivity index (χ1) is 15.7. The third-order valence-corrected chi connectivity index (χ3v) is 5.23. The van der Waals surface area contributed by atoms with Crippen LogP contribution in [0.4, 0.5) is 19.8 Å². The molecule has 2 N–H and O–H groups in total. The van der Waals surface area contributed by atoms with Crippen LogP contribution in [0.1, 0.15) is 63.9 Å². The Hall–Kier alpha value is -2.66. The van der Waals surface area contributed by atoms with E-state index < -0.39 is 47.2 Å². The quantitative estimate of drug-likeness (QED) is 0.600. The molecule has 0 bridgehead atoms. The molecule has 0 aromatic carbocycles. The lowest BCUT2D eigenvalue weighted by Gasteiger charge is -2.33. The van der Waals surface area contributed by atoms with Crippen LogP contribution in [-0.2, 0) is 20.8 Å². The molecule has 1 aromatic heterocycles. The highest BCUT2D eigenvalue weighted by Crippen LogP contribution is 2.34. The highest BCUT2D eigenvalue weighted by atomic mass is 35.5. The normalized spacial score (nSPS) is 20.6. The van der Waals surface area contributed by atoms with E-state index in [1.54, 1.807) is 41.5 Å². The zero-order valence-corrected chi connectivity index (χ0v) is 20.8. The summed E-state index contributed by atoms with van der Waals surface area (Å²) < 4.78 is 31.4. The van der Waals surface area contributed by atoms with Gasteiger partial charge < -0.3 is 24.8 Å². The highest BCUT2D eigenvalue weighted by Gasteiger charge is 2.40. The largest absolute Gasteiger partial charge is 0.444 e. The third kappa shape index (κ3) is 6.06. The van der Waals surface area contributed by atoms with Crippen LogP contribution in [0.2, 0.25) is 5.15 Å². The number of imide groups is 1. The number of carbonyl (C=O) groups is 3. The first kappa shape index (κ1) is 26.0. The first-order valence-corrected chi connectivity index (χ1v) is 11.3. The van der Waals surface area contributed by atoms with E-state index in [9.17, 15) is 14.4 Å². The topological polar surface area (TPSA) is 119 Å². The molecule has 0 radical (unpaired) electrons. The molecule has 2 unspecified atom stereocenters. The van der Waals surface area contributed by atoms with E-state index in [2.05, 4.69) is 15.6 Å². The fourth-order valence-electron chi connectivity index (χ4n) is 3.56. The maximum absolute atomic E-state index is 15.4. The van der Waals surface area contributed by atoms with Crippen molar-refractivity contribution in [3.05, 3.63) is 22.1 Å². The van der Waals surface area contributed by atoms with Gasteiger partial charge in [-0.05, 0) is 48.0 Å². The molecule has 0 spiro atoms. The van der Waals surface area contributed by atoms with E-state index in [1.165, 1.54) is 0 Å². The Morgan fingerprint density at radius 3 is 2.41 bits per heavy atom. The van der Waals surface area contributed by atoms with Crippen LogP contribution in [0, 0.1) is 5.82 Å². The number of amides is 3. The van der Waals surface area contributed by atoms with Crippen LogP contribution in [0.15, 0.2) is 0 Å². The minimum atomic E-state index is -0.898. The predicted octanol–water partition coefficient (Wildman–Crippen LogP) is 3.86. The van der Waals surface area contributed by atoms with Gasteiger partial charge in [0.25, 0.3) is 5.91 Å². The maximum Gasteiger partial charge on any atom is 0.417 e.